The van der Waals surface area contributed by atoms with Gasteiger partial charge in [0.05, 0.1) is 6.10 Å². The number of aliphatic hydroxyl groups is 1. The van der Waals surface area contributed by atoms with Crippen LogP contribution >= 0.6 is 0 Å². The Morgan fingerprint density at radius 2 is 1.88 bits per heavy atom. The van der Waals surface area contributed by atoms with Crippen LogP contribution in [0.5, 0.6) is 0 Å². The largest absolute Gasteiger partial charge is 0.393 e. The first-order valence-electron chi connectivity index (χ1n) is 6.71. The summed E-state index contributed by atoms with van der Waals surface area (Å²) in [7, 11) is 0. The Hall–Kier alpha value is -0.570. The second-order valence-electron chi connectivity index (χ2n) is 5.39. The molecule has 1 saturated heterocycles. The molecule has 0 aromatic rings. The van der Waals surface area contributed by atoms with Crippen molar-refractivity contribution in [2.45, 2.75) is 57.5 Å². The summed E-state index contributed by atoms with van der Waals surface area (Å²) in [5, 5.41) is 12.5. The van der Waals surface area contributed by atoms with E-state index >= 15 is 0 Å². The van der Waals surface area contributed by atoms with Gasteiger partial charge in [-0.15, -0.1) is 0 Å². The maximum atomic E-state index is 11.8. The van der Waals surface area contributed by atoms with Crippen molar-refractivity contribution in [3.05, 3.63) is 0 Å². The Labute approximate surface area is 97.6 Å². The van der Waals surface area contributed by atoms with Crippen LogP contribution < -0.4 is 5.32 Å². The van der Waals surface area contributed by atoms with Crippen LogP contribution in [0.3, 0.4) is 0 Å². The first-order valence-corrected chi connectivity index (χ1v) is 6.71. The minimum Gasteiger partial charge on any atom is -0.393 e. The van der Waals surface area contributed by atoms with E-state index in [0.29, 0.717) is 5.92 Å². The molecule has 2 fully saturated rings. The molecule has 1 aliphatic carbocycles. The highest BCUT2D eigenvalue weighted by Crippen LogP contribution is 2.31. The maximum Gasteiger partial charge on any atom is 0.223 e. The fraction of sp³-hybridized carbons (Fsp3) is 0.923. The molecule has 1 heterocycles. The molecular weight excluding hydrogens is 202 g/mol. The summed E-state index contributed by atoms with van der Waals surface area (Å²) in [6.45, 7) is 0.860. The van der Waals surface area contributed by atoms with Crippen molar-refractivity contribution in [2.75, 3.05) is 6.54 Å². The molecule has 2 aliphatic rings. The van der Waals surface area contributed by atoms with Gasteiger partial charge in [0.15, 0.2) is 0 Å². The lowest BCUT2D eigenvalue weighted by Crippen LogP contribution is -2.31. The molecule has 0 aromatic carbocycles. The highest BCUT2D eigenvalue weighted by molar-refractivity contribution is 5.78. The van der Waals surface area contributed by atoms with E-state index in [9.17, 15) is 9.90 Å². The lowest BCUT2D eigenvalue weighted by molar-refractivity contribution is -0.125. The van der Waals surface area contributed by atoms with Gasteiger partial charge in [-0.1, -0.05) is 6.42 Å². The van der Waals surface area contributed by atoms with Crippen molar-refractivity contribution in [3.8, 4) is 0 Å². The molecule has 0 spiro atoms. The number of hydrogen-bond donors (Lipinski definition) is 2. The molecule has 1 aliphatic heterocycles. The fourth-order valence-corrected chi connectivity index (χ4v) is 3.01. The van der Waals surface area contributed by atoms with Crippen LogP contribution in [0.25, 0.3) is 0 Å². The van der Waals surface area contributed by atoms with Gasteiger partial charge in [0, 0.05) is 12.5 Å². The third kappa shape index (κ3) is 3.21. The standard InChI is InChI=1S/C13H23NO2/c15-12-6-4-10(5-7-12)9-11-3-1-2-8-14-13(11)16/h10-12,15H,1-9H2,(H,14,16). The van der Waals surface area contributed by atoms with E-state index in [4.69, 9.17) is 0 Å². The lowest BCUT2D eigenvalue weighted by atomic mass is 9.80. The molecule has 3 heteroatoms. The number of carbonyl (C=O) groups is 1. The van der Waals surface area contributed by atoms with E-state index in [1.54, 1.807) is 0 Å². The molecule has 0 aromatic heterocycles. The van der Waals surface area contributed by atoms with Gasteiger partial charge in [-0.2, -0.15) is 0 Å². The summed E-state index contributed by atoms with van der Waals surface area (Å²) in [4.78, 5) is 11.8. The predicted octanol–water partition coefficient (Wildman–Crippen LogP) is 1.84. The van der Waals surface area contributed by atoms with Gasteiger partial charge < -0.3 is 10.4 Å². The Balaban J connectivity index is 1.80. The molecule has 3 nitrogen and oxygen atoms in total. The summed E-state index contributed by atoms with van der Waals surface area (Å²) < 4.78 is 0. The van der Waals surface area contributed by atoms with Gasteiger partial charge >= 0.3 is 0 Å². The van der Waals surface area contributed by atoms with E-state index in [1.165, 1.54) is 6.42 Å². The lowest BCUT2D eigenvalue weighted by Gasteiger charge is -2.27. The summed E-state index contributed by atoms with van der Waals surface area (Å²) in [5.74, 6) is 1.17. The number of carbonyl (C=O) groups excluding carboxylic acids is 1. The minimum absolute atomic E-state index is 0.0841. The highest BCUT2D eigenvalue weighted by Gasteiger charge is 2.26. The number of rotatable bonds is 2. The zero-order valence-corrected chi connectivity index (χ0v) is 9.95. The average Bonchev–Trinajstić information content (AvgIpc) is 2.48. The van der Waals surface area contributed by atoms with E-state index in [-0.39, 0.29) is 17.9 Å². The van der Waals surface area contributed by atoms with Gasteiger partial charge in [0.1, 0.15) is 0 Å². The van der Waals surface area contributed by atoms with Crippen LogP contribution in [0.2, 0.25) is 0 Å². The predicted molar refractivity (Wildman–Crippen MR) is 62.9 cm³/mol. The Bertz CT molecular complexity index is 234. The topological polar surface area (TPSA) is 49.3 Å². The van der Waals surface area contributed by atoms with Gasteiger partial charge in [-0.25, -0.2) is 0 Å². The van der Waals surface area contributed by atoms with Crippen molar-refractivity contribution in [1.82, 2.24) is 5.32 Å². The maximum absolute atomic E-state index is 11.8. The van der Waals surface area contributed by atoms with Gasteiger partial charge in [-0.05, 0) is 50.9 Å². The Morgan fingerprint density at radius 1 is 1.12 bits per heavy atom. The average molecular weight is 225 g/mol. The van der Waals surface area contributed by atoms with Gasteiger partial charge in [0.2, 0.25) is 5.91 Å². The molecule has 1 atom stereocenters. The van der Waals surface area contributed by atoms with E-state index < -0.39 is 0 Å². The van der Waals surface area contributed by atoms with Gasteiger partial charge in [0.25, 0.3) is 0 Å². The molecule has 92 valence electrons. The summed E-state index contributed by atoms with van der Waals surface area (Å²) >= 11 is 0. The molecular formula is C13H23NO2. The fourth-order valence-electron chi connectivity index (χ4n) is 3.01. The zero-order chi connectivity index (χ0) is 11.4. The van der Waals surface area contributed by atoms with Crippen molar-refractivity contribution in [1.29, 1.82) is 0 Å². The zero-order valence-electron chi connectivity index (χ0n) is 9.95. The number of amides is 1. The van der Waals surface area contributed by atoms with Crippen LogP contribution in [-0.2, 0) is 4.79 Å². The van der Waals surface area contributed by atoms with E-state index in [0.717, 1.165) is 51.5 Å². The number of aliphatic hydroxyl groups excluding tert-OH is 1. The summed E-state index contributed by atoms with van der Waals surface area (Å²) in [6, 6.07) is 0. The second-order valence-corrected chi connectivity index (χ2v) is 5.39. The van der Waals surface area contributed by atoms with Crippen LogP contribution in [0.4, 0.5) is 0 Å². The van der Waals surface area contributed by atoms with Gasteiger partial charge in [-0.3, -0.25) is 4.79 Å². The SMILES string of the molecule is O=C1NCCCCC1CC1CCC(O)CC1. The van der Waals surface area contributed by atoms with Crippen molar-refractivity contribution in [3.63, 3.8) is 0 Å². The summed E-state index contributed by atoms with van der Waals surface area (Å²) in [6.07, 6.45) is 8.39. The van der Waals surface area contributed by atoms with Crippen molar-refractivity contribution in [2.24, 2.45) is 11.8 Å². The number of hydrogen-bond acceptors (Lipinski definition) is 2. The van der Waals surface area contributed by atoms with Crippen LogP contribution in [0, 0.1) is 11.8 Å². The minimum atomic E-state index is -0.0841. The molecule has 1 saturated carbocycles. The molecule has 0 radical (unpaired) electrons. The Kier molecular flexibility index (Phi) is 4.22. The Morgan fingerprint density at radius 3 is 2.62 bits per heavy atom. The number of nitrogens with one attached hydrogen (secondary N) is 1. The first-order chi connectivity index (χ1) is 7.75. The van der Waals surface area contributed by atoms with Crippen LogP contribution in [-0.4, -0.2) is 23.7 Å². The molecule has 16 heavy (non-hydrogen) atoms. The van der Waals surface area contributed by atoms with E-state index in [1.807, 2.05) is 0 Å². The van der Waals surface area contributed by atoms with E-state index in [2.05, 4.69) is 5.32 Å². The third-order valence-electron chi connectivity index (χ3n) is 4.08. The monoisotopic (exact) mass is 225 g/mol. The molecule has 2 rings (SSSR count). The summed E-state index contributed by atoms with van der Waals surface area (Å²) in [5.41, 5.74) is 0. The van der Waals surface area contributed by atoms with Crippen LogP contribution in [0.15, 0.2) is 0 Å². The smallest absolute Gasteiger partial charge is 0.223 e. The van der Waals surface area contributed by atoms with Crippen molar-refractivity contribution >= 4 is 5.91 Å². The molecule has 1 amide bonds. The molecule has 1 unspecified atom stereocenters. The van der Waals surface area contributed by atoms with Crippen molar-refractivity contribution < 1.29 is 9.90 Å². The van der Waals surface area contributed by atoms with Crippen LogP contribution in [0.1, 0.15) is 51.4 Å². The highest BCUT2D eigenvalue weighted by atomic mass is 16.3. The molecule has 0 bridgehead atoms. The normalized spacial score (nSPS) is 36.6. The third-order valence-corrected chi connectivity index (χ3v) is 4.08. The second kappa shape index (κ2) is 5.67. The quantitative estimate of drug-likeness (QED) is 0.753. The molecule has 2 N–H and O–H groups in total. The first kappa shape index (κ1) is 11.9.